The monoisotopic (exact) mass is 278 g/mol. The quantitative estimate of drug-likeness (QED) is 0.636. The van der Waals surface area contributed by atoms with Crippen molar-refractivity contribution in [1.29, 1.82) is 0 Å². The van der Waals surface area contributed by atoms with Crippen LogP contribution in [0.15, 0.2) is 24.3 Å². The van der Waals surface area contributed by atoms with Crippen LogP contribution in [0.4, 0.5) is 16.2 Å². The van der Waals surface area contributed by atoms with Crippen LogP contribution in [0.3, 0.4) is 0 Å². The number of nitro benzene ring substituents is 1. The average molecular weight is 278 g/mol. The van der Waals surface area contributed by atoms with Crippen molar-refractivity contribution in [2.75, 3.05) is 18.4 Å². The minimum Gasteiger partial charge on any atom is -0.327 e. The zero-order chi connectivity index (χ0) is 14.7. The molecule has 0 spiro atoms. The Kier molecular flexibility index (Phi) is 4.19. The zero-order valence-corrected chi connectivity index (χ0v) is 11.3. The average Bonchev–Trinajstić information content (AvgIpc) is 2.42. The molecule has 108 valence electrons. The maximum Gasteiger partial charge on any atom is 0.321 e. The van der Waals surface area contributed by atoms with Crippen LogP contribution in [-0.2, 0) is 0 Å². The Morgan fingerprint density at radius 2 is 2.10 bits per heavy atom. The molecule has 7 heteroatoms. The lowest BCUT2D eigenvalue weighted by Crippen LogP contribution is -2.49. The van der Waals surface area contributed by atoms with Gasteiger partial charge in [-0.25, -0.2) is 4.79 Å². The van der Waals surface area contributed by atoms with E-state index < -0.39 is 4.92 Å². The Hall–Kier alpha value is -2.15. The highest BCUT2D eigenvalue weighted by molar-refractivity contribution is 5.89. The third-order valence-electron chi connectivity index (χ3n) is 3.59. The van der Waals surface area contributed by atoms with Gasteiger partial charge in [0.2, 0.25) is 0 Å². The number of piperidine rings is 1. The van der Waals surface area contributed by atoms with E-state index in [2.05, 4.69) is 5.32 Å². The summed E-state index contributed by atoms with van der Waals surface area (Å²) in [5, 5.41) is 13.3. The molecule has 1 saturated heterocycles. The van der Waals surface area contributed by atoms with E-state index >= 15 is 0 Å². The molecule has 1 heterocycles. The third-order valence-corrected chi connectivity index (χ3v) is 3.59. The Morgan fingerprint density at radius 1 is 1.45 bits per heavy atom. The van der Waals surface area contributed by atoms with Crippen LogP contribution in [0.5, 0.6) is 0 Å². The van der Waals surface area contributed by atoms with Crippen LogP contribution in [-0.4, -0.2) is 35.0 Å². The van der Waals surface area contributed by atoms with E-state index in [0.29, 0.717) is 18.8 Å². The first-order valence-electron chi connectivity index (χ1n) is 6.53. The Labute approximate surface area is 116 Å². The molecular formula is C13H18N4O3. The van der Waals surface area contributed by atoms with Crippen molar-refractivity contribution in [3.8, 4) is 0 Å². The van der Waals surface area contributed by atoms with E-state index in [1.807, 2.05) is 6.92 Å². The highest BCUT2D eigenvalue weighted by Crippen LogP contribution is 2.18. The number of hydrogen-bond donors (Lipinski definition) is 2. The van der Waals surface area contributed by atoms with Crippen molar-refractivity contribution in [3.63, 3.8) is 0 Å². The number of carbonyl (C=O) groups is 1. The molecule has 1 fully saturated rings. The molecule has 20 heavy (non-hydrogen) atoms. The van der Waals surface area contributed by atoms with Gasteiger partial charge in [-0.05, 0) is 24.5 Å². The predicted molar refractivity (Wildman–Crippen MR) is 75.4 cm³/mol. The zero-order valence-electron chi connectivity index (χ0n) is 11.3. The highest BCUT2D eigenvalue weighted by Gasteiger charge is 2.26. The summed E-state index contributed by atoms with van der Waals surface area (Å²) in [7, 11) is 0. The summed E-state index contributed by atoms with van der Waals surface area (Å²) >= 11 is 0. The summed E-state index contributed by atoms with van der Waals surface area (Å²) in [6, 6.07) is 5.72. The second kappa shape index (κ2) is 5.87. The van der Waals surface area contributed by atoms with Crippen molar-refractivity contribution in [1.82, 2.24) is 4.90 Å². The van der Waals surface area contributed by atoms with E-state index in [0.717, 1.165) is 6.42 Å². The maximum absolute atomic E-state index is 12.1. The Balaban J connectivity index is 1.96. The first kappa shape index (κ1) is 14.3. The number of anilines is 1. The van der Waals surface area contributed by atoms with E-state index in [1.54, 1.807) is 4.90 Å². The highest BCUT2D eigenvalue weighted by atomic mass is 16.6. The number of likely N-dealkylation sites (tertiary alicyclic amines) is 1. The number of carbonyl (C=O) groups excluding carboxylic acids is 1. The fraction of sp³-hybridized carbons (Fsp3) is 0.462. The van der Waals surface area contributed by atoms with Gasteiger partial charge >= 0.3 is 6.03 Å². The Morgan fingerprint density at radius 3 is 2.65 bits per heavy atom. The predicted octanol–water partition coefficient (Wildman–Crippen LogP) is 1.80. The second-order valence-corrected chi connectivity index (χ2v) is 5.11. The van der Waals surface area contributed by atoms with Gasteiger partial charge in [-0.2, -0.15) is 0 Å². The van der Waals surface area contributed by atoms with Gasteiger partial charge in [-0.3, -0.25) is 10.1 Å². The van der Waals surface area contributed by atoms with Gasteiger partial charge in [0.25, 0.3) is 5.69 Å². The minimum atomic E-state index is -0.473. The van der Waals surface area contributed by atoms with Gasteiger partial charge in [0.1, 0.15) is 0 Å². The van der Waals surface area contributed by atoms with E-state index in [4.69, 9.17) is 5.73 Å². The maximum atomic E-state index is 12.1. The molecular weight excluding hydrogens is 260 g/mol. The van der Waals surface area contributed by atoms with Crippen LogP contribution >= 0.6 is 0 Å². The number of nitrogens with two attached hydrogens (primary N) is 1. The molecule has 0 saturated carbocycles. The molecule has 0 aromatic heterocycles. The SMILES string of the molecule is CC1CN(C(=O)Nc2ccc([N+](=O)[O-])cc2)CCC1N. The topological polar surface area (TPSA) is 102 Å². The lowest BCUT2D eigenvalue weighted by molar-refractivity contribution is -0.384. The fourth-order valence-electron chi connectivity index (χ4n) is 2.22. The number of benzene rings is 1. The molecule has 0 aliphatic carbocycles. The normalized spacial score (nSPS) is 22.4. The lowest BCUT2D eigenvalue weighted by atomic mass is 9.95. The molecule has 2 atom stereocenters. The first-order valence-corrected chi connectivity index (χ1v) is 6.53. The van der Waals surface area contributed by atoms with E-state index in [-0.39, 0.29) is 23.7 Å². The first-order chi connectivity index (χ1) is 9.47. The van der Waals surface area contributed by atoms with Gasteiger partial charge in [-0.15, -0.1) is 0 Å². The number of non-ortho nitro benzene ring substituents is 1. The molecule has 1 aliphatic heterocycles. The summed E-state index contributed by atoms with van der Waals surface area (Å²) in [6.07, 6.45) is 0.787. The summed E-state index contributed by atoms with van der Waals surface area (Å²) in [5.41, 5.74) is 6.46. The van der Waals surface area contributed by atoms with Crippen LogP contribution in [0.2, 0.25) is 0 Å². The largest absolute Gasteiger partial charge is 0.327 e. The Bertz CT molecular complexity index is 503. The summed E-state index contributed by atoms with van der Waals surface area (Å²) in [6.45, 7) is 3.28. The van der Waals surface area contributed by atoms with Crippen LogP contribution in [0.1, 0.15) is 13.3 Å². The molecule has 0 radical (unpaired) electrons. The molecule has 3 N–H and O–H groups in total. The van der Waals surface area contributed by atoms with Crippen molar-refractivity contribution < 1.29 is 9.72 Å². The van der Waals surface area contributed by atoms with Crippen LogP contribution in [0, 0.1) is 16.0 Å². The van der Waals surface area contributed by atoms with Crippen molar-refractivity contribution in [3.05, 3.63) is 34.4 Å². The number of urea groups is 1. The van der Waals surface area contributed by atoms with Crippen molar-refractivity contribution in [2.45, 2.75) is 19.4 Å². The lowest BCUT2D eigenvalue weighted by Gasteiger charge is -2.35. The number of nitrogens with one attached hydrogen (secondary N) is 1. The van der Waals surface area contributed by atoms with Gasteiger partial charge < -0.3 is 16.0 Å². The summed E-state index contributed by atoms with van der Waals surface area (Å²) < 4.78 is 0. The van der Waals surface area contributed by atoms with E-state index in [9.17, 15) is 14.9 Å². The number of hydrogen-bond acceptors (Lipinski definition) is 4. The number of nitrogens with zero attached hydrogens (tertiary/aromatic N) is 2. The summed E-state index contributed by atoms with van der Waals surface area (Å²) in [4.78, 5) is 23.9. The van der Waals surface area contributed by atoms with Crippen LogP contribution in [0.25, 0.3) is 0 Å². The third kappa shape index (κ3) is 3.24. The molecule has 1 aromatic carbocycles. The molecule has 7 nitrogen and oxygen atoms in total. The summed E-state index contributed by atoms with van der Waals surface area (Å²) in [5.74, 6) is 0.270. The second-order valence-electron chi connectivity index (χ2n) is 5.11. The minimum absolute atomic E-state index is 0.000525. The number of nitro groups is 1. The van der Waals surface area contributed by atoms with Gasteiger partial charge in [0.15, 0.2) is 0 Å². The number of amides is 2. The van der Waals surface area contributed by atoms with E-state index in [1.165, 1.54) is 24.3 Å². The molecule has 1 aromatic rings. The number of rotatable bonds is 2. The van der Waals surface area contributed by atoms with Gasteiger partial charge in [0.05, 0.1) is 4.92 Å². The molecule has 1 aliphatic rings. The van der Waals surface area contributed by atoms with Crippen molar-refractivity contribution >= 4 is 17.4 Å². The van der Waals surface area contributed by atoms with Crippen molar-refractivity contribution in [2.24, 2.45) is 11.7 Å². The smallest absolute Gasteiger partial charge is 0.321 e. The molecule has 2 amide bonds. The van der Waals surface area contributed by atoms with Crippen LogP contribution < -0.4 is 11.1 Å². The molecule has 2 rings (SSSR count). The van der Waals surface area contributed by atoms with Gasteiger partial charge in [-0.1, -0.05) is 6.92 Å². The molecule has 2 unspecified atom stereocenters. The fourth-order valence-corrected chi connectivity index (χ4v) is 2.22. The standard InChI is InChI=1S/C13H18N4O3/c1-9-8-16(7-6-12(9)14)13(18)15-10-2-4-11(5-3-10)17(19)20/h2-5,9,12H,6-8,14H2,1H3,(H,15,18). The molecule has 0 bridgehead atoms. The van der Waals surface area contributed by atoms with Gasteiger partial charge in [0, 0.05) is 37.0 Å².